The number of benzene rings is 1. The molecule has 0 amide bonds. The Hall–Kier alpha value is -1.76. The molecule has 4 rings (SSSR count). The van der Waals surface area contributed by atoms with Crippen LogP contribution in [0.4, 0.5) is 0 Å². The maximum atomic E-state index is 12.4. The molecule has 1 N–H and O–H groups in total. The van der Waals surface area contributed by atoms with Gasteiger partial charge in [0.15, 0.2) is 0 Å². The van der Waals surface area contributed by atoms with Crippen molar-refractivity contribution in [3.05, 3.63) is 63.7 Å². The lowest BCUT2D eigenvalue weighted by Gasteiger charge is -2.15. The van der Waals surface area contributed by atoms with Crippen LogP contribution in [0.25, 0.3) is 0 Å². The average Bonchev–Trinajstić information content (AvgIpc) is 3.27. The maximum Gasteiger partial charge on any atom is 0.227 e. The lowest BCUT2D eigenvalue weighted by molar-refractivity contribution is 0.229. The fourth-order valence-electron chi connectivity index (χ4n) is 4.07. The van der Waals surface area contributed by atoms with E-state index < -0.39 is 0 Å². The van der Waals surface area contributed by atoms with Crippen LogP contribution in [-0.2, 0) is 19.6 Å². The van der Waals surface area contributed by atoms with Gasteiger partial charge in [-0.3, -0.25) is 14.4 Å². The molecule has 2 aliphatic rings. The zero-order chi connectivity index (χ0) is 18.6. The van der Waals surface area contributed by atoms with Gasteiger partial charge in [-0.1, -0.05) is 36.2 Å². The fourth-order valence-corrected chi connectivity index (χ4v) is 4.62. The number of fused-ring (bicyclic) bond motifs is 1. The molecule has 1 saturated carbocycles. The summed E-state index contributed by atoms with van der Waals surface area (Å²) in [5.74, 6) is 1.51. The van der Waals surface area contributed by atoms with Crippen molar-refractivity contribution < 1.29 is 9.15 Å². The normalized spacial score (nSPS) is 22.1. The highest BCUT2D eigenvalue weighted by atomic mass is 32.2. The Morgan fingerprint density at radius 1 is 1.26 bits per heavy atom. The van der Waals surface area contributed by atoms with E-state index in [9.17, 15) is 4.79 Å². The number of hydrogen-bond acceptors (Lipinski definition) is 6. The summed E-state index contributed by atoms with van der Waals surface area (Å²) in [5, 5.41) is 0. The predicted molar refractivity (Wildman–Crippen MR) is 108 cm³/mol. The van der Waals surface area contributed by atoms with E-state index in [1.54, 1.807) is 18.0 Å². The Morgan fingerprint density at radius 2 is 2.04 bits per heavy atom. The standard InChI is InChI=1S/C21H26N2O3S/c1-27-22-18-7-6-15(8-18)13-26-21-14-25-19(9-20(21)24)12-23-10-16-4-2-3-5-17(16)11-23/h2-5,9,14-15,18,22H,6-8,10-13H2,1H3/t15-,18+/m0/s1. The lowest BCUT2D eigenvalue weighted by atomic mass is 10.1. The largest absolute Gasteiger partial charge is 0.486 e. The first-order chi connectivity index (χ1) is 13.2. The van der Waals surface area contributed by atoms with Gasteiger partial charge < -0.3 is 9.15 Å². The molecule has 2 aromatic rings. The smallest absolute Gasteiger partial charge is 0.227 e. The van der Waals surface area contributed by atoms with Gasteiger partial charge in [-0.15, -0.1) is 0 Å². The minimum Gasteiger partial charge on any atom is -0.486 e. The predicted octanol–water partition coefficient (Wildman–Crippen LogP) is 3.57. The molecule has 1 aromatic carbocycles. The third kappa shape index (κ3) is 4.57. The lowest BCUT2D eigenvalue weighted by Crippen LogP contribution is -2.21. The summed E-state index contributed by atoms with van der Waals surface area (Å²) in [5.41, 5.74) is 2.61. The molecule has 2 heterocycles. The van der Waals surface area contributed by atoms with E-state index in [2.05, 4.69) is 40.1 Å². The first-order valence-electron chi connectivity index (χ1n) is 9.53. The van der Waals surface area contributed by atoms with Gasteiger partial charge in [0.1, 0.15) is 12.0 Å². The van der Waals surface area contributed by atoms with E-state index >= 15 is 0 Å². The molecule has 1 aromatic heterocycles. The highest BCUT2D eigenvalue weighted by molar-refractivity contribution is 7.96. The fraction of sp³-hybridized carbons (Fsp3) is 0.476. The molecule has 2 atom stereocenters. The molecule has 1 aliphatic heterocycles. The number of hydrogen-bond donors (Lipinski definition) is 1. The molecule has 6 heteroatoms. The van der Waals surface area contributed by atoms with Crippen LogP contribution in [-0.4, -0.2) is 23.8 Å². The molecule has 5 nitrogen and oxygen atoms in total. The van der Waals surface area contributed by atoms with Crippen LogP contribution < -0.4 is 14.9 Å². The van der Waals surface area contributed by atoms with Crippen molar-refractivity contribution in [2.75, 3.05) is 12.9 Å². The summed E-state index contributed by atoms with van der Waals surface area (Å²) in [4.78, 5) is 14.7. The van der Waals surface area contributed by atoms with Crippen LogP contribution in [0.3, 0.4) is 0 Å². The monoisotopic (exact) mass is 386 g/mol. The van der Waals surface area contributed by atoms with Gasteiger partial charge >= 0.3 is 0 Å². The van der Waals surface area contributed by atoms with E-state index in [0.717, 1.165) is 25.9 Å². The Labute approximate surface area is 164 Å². The molecular formula is C21H26N2O3S. The van der Waals surface area contributed by atoms with E-state index in [4.69, 9.17) is 9.15 Å². The van der Waals surface area contributed by atoms with E-state index in [0.29, 0.717) is 36.6 Å². The van der Waals surface area contributed by atoms with Crippen LogP contribution in [0.2, 0.25) is 0 Å². The summed E-state index contributed by atoms with van der Waals surface area (Å²) >= 11 is 1.67. The summed E-state index contributed by atoms with van der Waals surface area (Å²) in [6.07, 6.45) is 6.93. The number of rotatable bonds is 7. The molecule has 0 unspecified atom stereocenters. The van der Waals surface area contributed by atoms with Gasteiger partial charge in [-0.05, 0) is 42.6 Å². The molecule has 27 heavy (non-hydrogen) atoms. The number of nitrogens with zero attached hydrogens (tertiary/aromatic N) is 1. The Kier molecular flexibility index (Phi) is 5.86. The highest BCUT2D eigenvalue weighted by Crippen LogP contribution is 2.27. The van der Waals surface area contributed by atoms with E-state index in [1.807, 2.05) is 0 Å². The average molecular weight is 387 g/mol. The van der Waals surface area contributed by atoms with Crippen molar-refractivity contribution in [1.82, 2.24) is 9.62 Å². The summed E-state index contributed by atoms with van der Waals surface area (Å²) in [6.45, 7) is 3.00. The molecule has 144 valence electrons. The number of ether oxygens (including phenoxy) is 1. The second-order valence-corrected chi connectivity index (χ2v) is 8.14. The first-order valence-corrected chi connectivity index (χ1v) is 10.8. The first kappa shape index (κ1) is 18.6. The SMILES string of the molecule is CSN[C@@H]1CC[C@H](COc2coc(CN3Cc4ccccc4C3)cc2=O)C1. The van der Waals surface area contributed by atoms with E-state index in [-0.39, 0.29) is 5.43 Å². The Bertz CT molecular complexity index is 813. The van der Waals surface area contributed by atoms with Gasteiger partial charge in [0, 0.05) is 25.2 Å². The van der Waals surface area contributed by atoms with E-state index in [1.165, 1.54) is 23.8 Å². The molecule has 1 aliphatic carbocycles. The van der Waals surface area contributed by atoms with Crippen molar-refractivity contribution >= 4 is 11.9 Å². The minimum atomic E-state index is -0.0928. The second-order valence-electron chi connectivity index (χ2n) is 7.50. The van der Waals surface area contributed by atoms with Crippen molar-refractivity contribution in [2.45, 2.75) is 44.9 Å². The van der Waals surface area contributed by atoms with Crippen molar-refractivity contribution in [2.24, 2.45) is 5.92 Å². The molecular weight excluding hydrogens is 360 g/mol. The van der Waals surface area contributed by atoms with Gasteiger partial charge in [0.05, 0.1) is 13.2 Å². The summed E-state index contributed by atoms with van der Waals surface area (Å²) in [7, 11) is 0. The minimum absolute atomic E-state index is 0.0928. The molecule has 1 fully saturated rings. The van der Waals surface area contributed by atoms with Crippen LogP contribution in [0.15, 0.2) is 45.8 Å². The topological polar surface area (TPSA) is 54.7 Å². The third-order valence-electron chi connectivity index (χ3n) is 5.44. The van der Waals surface area contributed by atoms with Gasteiger partial charge in [0.2, 0.25) is 11.2 Å². The van der Waals surface area contributed by atoms with Crippen LogP contribution in [0.5, 0.6) is 5.75 Å². The Balaban J connectivity index is 1.30. The van der Waals surface area contributed by atoms with Crippen LogP contribution >= 0.6 is 11.9 Å². The van der Waals surface area contributed by atoms with Gasteiger partial charge in [-0.25, -0.2) is 0 Å². The van der Waals surface area contributed by atoms with Gasteiger partial charge in [-0.2, -0.15) is 0 Å². The zero-order valence-corrected chi connectivity index (χ0v) is 16.5. The summed E-state index contributed by atoms with van der Waals surface area (Å²) < 4.78 is 14.9. The third-order valence-corrected chi connectivity index (χ3v) is 6.01. The number of nitrogens with one attached hydrogen (secondary N) is 1. The molecule has 0 spiro atoms. The maximum absolute atomic E-state index is 12.4. The summed E-state index contributed by atoms with van der Waals surface area (Å²) in [6, 6.07) is 10.6. The molecule has 0 bridgehead atoms. The molecule has 0 saturated heterocycles. The van der Waals surface area contributed by atoms with Crippen molar-refractivity contribution in [3.8, 4) is 5.75 Å². The quantitative estimate of drug-likeness (QED) is 0.734. The highest BCUT2D eigenvalue weighted by Gasteiger charge is 2.25. The Morgan fingerprint density at radius 3 is 2.74 bits per heavy atom. The van der Waals surface area contributed by atoms with Crippen molar-refractivity contribution in [3.63, 3.8) is 0 Å². The molecule has 0 radical (unpaired) electrons. The second kappa shape index (κ2) is 8.50. The van der Waals surface area contributed by atoms with Crippen LogP contribution in [0, 0.1) is 5.92 Å². The zero-order valence-electron chi connectivity index (χ0n) is 15.6. The van der Waals surface area contributed by atoms with Crippen molar-refractivity contribution in [1.29, 1.82) is 0 Å². The van der Waals surface area contributed by atoms with Gasteiger partial charge in [0.25, 0.3) is 0 Å². The van der Waals surface area contributed by atoms with Crippen LogP contribution in [0.1, 0.15) is 36.1 Å².